The van der Waals surface area contributed by atoms with E-state index in [9.17, 15) is 9.18 Å². The van der Waals surface area contributed by atoms with E-state index in [0.717, 1.165) is 12.8 Å². The summed E-state index contributed by atoms with van der Waals surface area (Å²) in [6.45, 7) is 2.75. The molecular formula is C20H23FN2O2. The van der Waals surface area contributed by atoms with Crippen LogP contribution in [0, 0.1) is 5.82 Å². The molecule has 0 unspecified atom stereocenters. The molecule has 0 saturated heterocycles. The number of rotatable bonds is 10. The third-order valence-electron chi connectivity index (χ3n) is 3.63. The van der Waals surface area contributed by atoms with Gasteiger partial charge in [0.05, 0.1) is 24.1 Å². The van der Waals surface area contributed by atoms with Crippen LogP contribution in [0.3, 0.4) is 0 Å². The molecule has 0 amide bonds. The fourth-order valence-electron chi connectivity index (χ4n) is 2.27. The summed E-state index contributed by atoms with van der Waals surface area (Å²) in [6, 6.07) is 12.9. The molecule has 0 atom stereocenters. The number of carbonyl (C=O) groups is 1. The van der Waals surface area contributed by atoms with Gasteiger partial charge in [-0.25, -0.2) is 4.39 Å². The molecule has 0 spiro atoms. The van der Waals surface area contributed by atoms with E-state index in [1.807, 2.05) is 6.07 Å². The van der Waals surface area contributed by atoms with E-state index in [-0.39, 0.29) is 11.6 Å². The van der Waals surface area contributed by atoms with Crippen LogP contribution in [0.15, 0.2) is 53.6 Å². The Hall–Kier alpha value is -2.69. The number of para-hydroxylation sites is 1. The van der Waals surface area contributed by atoms with Gasteiger partial charge >= 0.3 is 0 Å². The lowest BCUT2D eigenvalue weighted by Gasteiger charge is -2.09. The Balaban J connectivity index is 1.91. The van der Waals surface area contributed by atoms with Crippen molar-refractivity contribution in [1.82, 2.24) is 0 Å². The number of Topliss-reactive ketones (excluding diaryl/α,β-unsaturated/α-hetero) is 1. The summed E-state index contributed by atoms with van der Waals surface area (Å²) in [5.41, 5.74) is 3.78. The number of carbonyl (C=O) groups excluding carboxylic acids is 1. The van der Waals surface area contributed by atoms with Gasteiger partial charge in [0.2, 0.25) is 5.78 Å². The highest BCUT2D eigenvalue weighted by Gasteiger charge is 2.10. The third kappa shape index (κ3) is 6.37. The van der Waals surface area contributed by atoms with Crippen molar-refractivity contribution in [2.75, 3.05) is 12.0 Å². The minimum Gasteiger partial charge on any atom is -0.493 e. The number of hydrazone groups is 1. The molecule has 132 valence electrons. The molecule has 0 saturated carbocycles. The largest absolute Gasteiger partial charge is 0.493 e. The van der Waals surface area contributed by atoms with Crippen molar-refractivity contribution >= 4 is 17.7 Å². The maximum atomic E-state index is 12.8. The first-order valence-corrected chi connectivity index (χ1v) is 8.51. The Morgan fingerprint density at radius 2 is 1.88 bits per heavy atom. The molecular weight excluding hydrogens is 319 g/mol. The van der Waals surface area contributed by atoms with Crippen LogP contribution < -0.4 is 10.2 Å². The highest BCUT2D eigenvalue weighted by atomic mass is 19.1. The maximum absolute atomic E-state index is 12.8. The van der Waals surface area contributed by atoms with Crippen LogP contribution in [-0.4, -0.2) is 18.6 Å². The first-order chi connectivity index (χ1) is 12.2. The molecule has 5 heteroatoms. The number of anilines is 1. The summed E-state index contributed by atoms with van der Waals surface area (Å²) in [6.07, 6.45) is 5.65. The second-order valence-electron chi connectivity index (χ2n) is 5.65. The summed E-state index contributed by atoms with van der Waals surface area (Å²) < 4.78 is 18.6. The van der Waals surface area contributed by atoms with E-state index in [1.54, 1.807) is 30.3 Å². The Morgan fingerprint density at radius 1 is 1.12 bits per heavy atom. The van der Waals surface area contributed by atoms with Crippen molar-refractivity contribution in [2.24, 2.45) is 5.10 Å². The van der Waals surface area contributed by atoms with Crippen molar-refractivity contribution in [1.29, 1.82) is 0 Å². The molecule has 2 aromatic carbocycles. The van der Waals surface area contributed by atoms with Gasteiger partial charge in [-0.3, -0.25) is 10.2 Å². The van der Waals surface area contributed by atoms with Gasteiger partial charge in [-0.1, -0.05) is 38.3 Å². The molecule has 25 heavy (non-hydrogen) atoms. The van der Waals surface area contributed by atoms with Crippen molar-refractivity contribution in [3.8, 4) is 5.75 Å². The number of benzene rings is 2. The van der Waals surface area contributed by atoms with Crippen LogP contribution in [-0.2, 0) is 0 Å². The fraction of sp³-hybridized carbons (Fsp3) is 0.300. The lowest BCUT2D eigenvalue weighted by atomic mass is 10.1. The van der Waals surface area contributed by atoms with Gasteiger partial charge in [0.25, 0.3) is 0 Å². The van der Waals surface area contributed by atoms with Gasteiger partial charge in [-0.05, 0) is 42.8 Å². The van der Waals surface area contributed by atoms with Crippen LogP contribution in [0.5, 0.6) is 5.75 Å². The second-order valence-corrected chi connectivity index (χ2v) is 5.65. The van der Waals surface area contributed by atoms with Gasteiger partial charge in [-0.15, -0.1) is 0 Å². The average molecular weight is 342 g/mol. The predicted molar refractivity (Wildman–Crippen MR) is 98.9 cm³/mol. The Morgan fingerprint density at radius 3 is 2.64 bits per heavy atom. The minimum absolute atomic E-state index is 0.251. The van der Waals surface area contributed by atoms with Crippen LogP contribution >= 0.6 is 0 Å². The summed E-state index contributed by atoms with van der Waals surface area (Å²) in [4.78, 5) is 12.3. The maximum Gasteiger partial charge on any atom is 0.209 e. The zero-order valence-electron chi connectivity index (χ0n) is 14.4. The van der Waals surface area contributed by atoms with Gasteiger partial charge in [0.1, 0.15) is 11.6 Å². The average Bonchev–Trinajstić information content (AvgIpc) is 2.63. The molecule has 2 aromatic rings. The molecule has 1 N–H and O–H groups in total. The van der Waals surface area contributed by atoms with Crippen molar-refractivity contribution in [2.45, 2.75) is 32.6 Å². The minimum atomic E-state index is -0.324. The molecule has 0 aromatic heterocycles. The zero-order valence-corrected chi connectivity index (χ0v) is 14.4. The van der Waals surface area contributed by atoms with Gasteiger partial charge in [0.15, 0.2) is 0 Å². The molecule has 0 bridgehead atoms. The lowest BCUT2D eigenvalue weighted by Crippen LogP contribution is -2.07. The highest BCUT2D eigenvalue weighted by Crippen LogP contribution is 2.18. The number of ketones is 1. The normalized spacial score (nSPS) is 10.8. The van der Waals surface area contributed by atoms with E-state index in [4.69, 9.17) is 4.74 Å². The molecule has 0 aliphatic heterocycles. The smallest absolute Gasteiger partial charge is 0.209 e. The number of nitrogens with zero attached hydrogens (tertiary/aromatic N) is 1. The highest BCUT2D eigenvalue weighted by molar-refractivity contribution is 6.36. The van der Waals surface area contributed by atoms with Crippen LogP contribution in [0.25, 0.3) is 0 Å². The molecule has 4 nitrogen and oxygen atoms in total. The number of halogens is 1. The number of hydrogen-bond acceptors (Lipinski definition) is 4. The summed E-state index contributed by atoms with van der Waals surface area (Å²) in [7, 11) is 0. The Labute approximate surface area is 147 Å². The topological polar surface area (TPSA) is 50.7 Å². The quantitative estimate of drug-likeness (QED) is 0.284. The van der Waals surface area contributed by atoms with Gasteiger partial charge in [-0.2, -0.15) is 5.10 Å². The summed E-state index contributed by atoms with van der Waals surface area (Å²) in [5.74, 6) is -0.00776. The van der Waals surface area contributed by atoms with E-state index in [1.165, 1.54) is 31.2 Å². The molecule has 0 aliphatic carbocycles. The lowest BCUT2D eigenvalue weighted by molar-refractivity contribution is 0.106. The fourth-order valence-corrected chi connectivity index (χ4v) is 2.27. The third-order valence-corrected chi connectivity index (χ3v) is 3.63. The summed E-state index contributed by atoms with van der Waals surface area (Å²) >= 11 is 0. The Kier molecular flexibility index (Phi) is 7.63. The van der Waals surface area contributed by atoms with Gasteiger partial charge in [0, 0.05) is 0 Å². The van der Waals surface area contributed by atoms with Crippen molar-refractivity contribution in [3.05, 3.63) is 59.9 Å². The number of unbranched alkanes of at least 4 members (excludes halogenated alkanes) is 3. The first kappa shape index (κ1) is 18.6. The number of hydrogen-bond donors (Lipinski definition) is 1. The van der Waals surface area contributed by atoms with E-state index in [0.29, 0.717) is 23.6 Å². The summed E-state index contributed by atoms with van der Waals surface area (Å²) in [5, 5.41) is 3.91. The zero-order chi connectivity index (χ0) is 17.9. The molecule has 0 heterocycles. The standard InChI is InChI=1S/C20H23FN2O2/c1-2-3-4-7-14-25-20-9-6-5-8-18(20)19(24)15-22-23-17-12-10-16(21)11-13-17/h5-6,8-13,15,23H,2-4,7,14H2,1H3/b22-15+. The van der Waals surface area contributed by atoms with Crippen LogP contribution in [0.4, 0.5) is 10.1 Å². The molecule has 0 radical (unpaired) electrons. The van der Waals surface area contributed by atoms with Crippen molar-refractivity contribution in [3.63, 3.8) is 0 Å². The van der Waals surface area contributed by atoms with Crippen molar-refractivity contribution < 1.29 is 13.9 Å². The number of nitrogens with one attached hydrogen (secondary N) is 1. The van der Waals surface area contributed by atoms with Crippen LogP contribution in [0.2, 0.25) is 0 Å². The second kappa shape index (κ2) is 10.2. The first-order valence-electron chi connectivity index (χ1n) is 8.51. The predicted octanol–water partition coefficient (Wildman–Crippen LogP) is 5.07. The van der Waals surface area contributed by atoms with Crippen LogP contribution in [0.1, 0.15) is 43.0 Å². The van der Waals surface area contributed by atoms with Gasteiger partial charge < -0.3 is 4.74 Å². The monoisotopic (exact) mass is 342 g/mol. The molecule has 2 rings (SSSR count). The van der Waals surface area contributed by atoms with E-state index < -0.39 is 0 Å². The number of ether oxygens (including phenoxy) is 1. The molecule has 0 aliphatic rings. The SMILES string of the molecule is CCCCCCOc1ccccc1C(=O)/C=N/Nc1ccc(F)cc1. The Bertz CT molecular complexity index is 699. The van der Waals surface area contributed by atoms with E-state index in [2.05, 4.69) is 17.5 Å². The molecule has 0 fully saturated rings. The van der Waals surface area contributed by atoms with E-state index >= 15 is 0 Å².